The maximum absolute atomic E-state index is 13.1. The molecule has 0 aliphatic heterocycles. The van der Waals surface area contributed by atoms with E-state index in [2.05, 4.69) is 5.32 Å². The standard InChI is InChI=1S/C21H26N2O4S/c1-3-23(18-10-12-20(13-11-18)27-19-6-4-5-7-19)28(25,26)21-14-8-17(9-15-21)22-16(2)24/h8-15,19H,3-7H2,1-2H3,(H,22,24). The Morgan fingerprint density at radius 1 is 1.07 bits per heavy atom. The summed E-state index contributed by atoms with van der Waals surface area (Å²) in [5, 5.41) is 2.63. The Balaban J connectivity index is 1.77. The molecule has 0 heterocycles. The highest BCUT2D eigenvalue weighted by molar-refractivity contribution is 7.92. The molecule has 1 fully saturated rings. The van der Waals surface area contributed by atoms with Gasteiger partial charge in [0.25, 0.3) is 10.0 Å². The van der Waals surface area contributed by atoms with Crippen LogP contribution in [-0.4, -0.2) is 27.0 Å². The maximum atomic E-state index is 13.1. The number of sulfonamides is 1. The zero-order valence-corrected chi connectivity index (χ0v) is 17.0. The lowest BCUT2D eigenvalue weighted by Gasteiger charge is -2.23. The highest BCUT2D eigenvalue weighted by Gasteiger charge is 2.24. The third-order valence-corrected chi connectivity index (χ3v) is 6.70. The van der Waals surface area contributed by atoms with E-state index in [0.29, 0.717) is 17.9 Å². The molecule has 0 unspecified atom stereocenters. The van der Waals surface area contributed by atoms with Gasteiger partial charge >= 0.3 is 0 Å². The Labute approximate surface area is 166 Å². The van der Waals surface area contributed by atoms with Gasteiger partial charge in [0.15, 0.2) is 0 Å². The minimum absolute atomic E-state index is 0.176. The Morgan fingerprint density at radius 2 is 1.68 bits per heavy atom. The molecule has 1 saturated carbocycles. The van der Waals surface area contributed by atoms with Gasteiger partial charge in [-0.3, -0.25) is 9.10 Å². The second kappa shape index (κ2) is 8.65. The lowest BCUT2D eigenvalue weighted by molar-refractivity contribution is -0.114. The van der Waals surface area contributed by atoms with Crippen LogP contribution in [0, 0.1) is 0 Å². The van der Waals surface area contributed by atoms with Gasteiger partial charge in [-0.25, -0.2) is 8.42 Å². The van der Waals surface area contributed by atoms with Gasteiger partial charge in [0.2, 0.25) is 5.91 Å². The fourth-order valence-corrected chi connectivity index (χ4v) is 4.90. The van der Waals surface area contributed by atoms with E-state index in [1.165, 1.54) is 36.2 Å². The highest BCUT2D eigenvalue weighted by Crippen LogP contribution is 2.28. The average molecular weight is 403 g/mol. The van der Waals surface area contributed by atoms with E-state index in [-0.39, 0.29) is 16.9 Å². The number of carbonyl (C=O) groups is 1. The first kappa shape index (κ1) is 20.2. The number of amides is 1. The Morgan fingerprint density at radius 3 is 2.21 bits per heavy atom. The molecule has 1 N–H and O–H groups in total. The number of rotatable bonds is 7. The van der Waals surface area contributed by atoms with E-state index in [4.69, 9.17) is 4.74 Å². The van der Waals surface area contributed by atoms with Crippen LogP contribution < -0.4 is 14.4 Å². The lowest BCUT2D eigenvalue weighted by atomic mass is 10.2. The van der Waals surface area contributed by atoms with Gasteiger partial charge in [0.1, 0.15) is 5.75 Å². The van der Waals surface area contributed by atoms with Crippen LogP contribution >= 0.6 is 0 Å². The van der Waals surface area contributed by atoms with Crippen molar-refractivity contribution in [3.63, 3.8) is 0 Å². The molecule has 1 aliphatic carbocycles. The summed E-state index contributed by atoms with van der Waals surface area (Å²) < 4.78 is 33.5. The molecule has 1 aliphatic rings. The normalized spacial score (nSPS) is 14.6. The number of benzene rings is 2. The number of anilines is 2. The number of nitrogens with zero attached hydrogens (tertiary/aromatic N) is 1. The van der Waals surface area contributed by atoms with Gasteiger partial charge in [0.05, 0.1) is 16.7 Å². The fourth-order valence-electron chi connectivity index (χ4n) is 3.42. The van der Waals surface area contributed by atoms with Crippen LogP contribution in [-0.2, 0) is 14.8 Å². The van der Waals surface area contributed by atoms with E-state index in [9.17, 15) is 13.2 Å². The van der Waals surface area contributed by atoms with Crippen LogP contribution in [0.2, 0.25) is 0 Å². The third-order valence-electron chi connectivity index (χ3n) is 4.78. The van der Waals surface area contributed by atoms with Crippen molar-refractivity contribution in [2.75, 3.05) is 16.2 Å². The van der Waals surface area contributed by atoms with Crippen molar-refractivity contribution < 1.29 is 17.9 Å². The van der Waals surface area contributed by atoms with Crippen LogP contribution in [0.1, 0.15) is 39.5 Å². The van der Waals surface area contributed by atoms with Crippen molar-refractivity contribution in [2.45, 2.75) is 50.5 Å². The summed E-state index contributed by atoms with van der Waals surface area (Å²) in [6, 6.07) is 13.4. The summed E-state index contributed by atoms with van der Waals surface area (Å²) in [4.78, 5) is 11.3. The van der Waals surface area contributed by atoms with Crippen LogP contribution in [0.4, 0.5) is 11.4 Å². The predicted octanol–water partition coefficient (Wildman–Crippen LogP) is 4.18. The number of ether oxygens (including phenoxy) is 1. The Bertz CT molecular complexity index is 902. The van der Waals surface area contributed by atoms with E-state index < -0.39 is 10.0 Å². The zero-order chi connectivity index (χ0) is 20.1. The first-order valence-electron chi connectivity index (χ1n) is 9.57. The molecule has 1 amide bonds. The molecular weight excluding hydrogens is 376 g/mol. The van der Waals surface area contributed by atoms with Gasteiger partial charge in [-0.15, -0.1) is 0 Å². The molecule has 0 bridgehead atoms. The second-order valence-corrected chi connectivity index (χ2v) is 8.76. The SMILES string of the molecule is CCN(c1ccc(OC2CCCC2)cc1)S(=O)(=O)c1ccc(NC(C)=O)cc1. The fraction of sp³-hybridized carbons (Fsp3) is 0.381. The third kappa shape index (κ3) is 4.65. The smallest absolute Gasteiger partial charge is 0.264 e. The minimum atomic E-state index is -3.70. The van der Waals surface area contributed by atoms with Crippen molar-refractivity contribution in [2.24, 2.45) is 0 Å². The van der Waals surface area contributed by atoms with E-state index in [1.807, 2.05) is 12.1 Å². The maximum Gasteiger partial charge on any atom is 0.264 e. The molecule has 3 rings (SSSR count). The molecule has 0 aromatic heterocycles. The Hall–Kier alpha value is -2.54. The number of hydrogen-bond donors (Lipinski definition) is 1. The van der Waals surface area contributed by atoms with Crippen LogP contribution in [0.25, 0.3) is 0 Å². The van der Waals surface area contributed by atoms with Crippen molar-refractivity contribution in [1.29, 1.82) is 0 Å². The van der Waals surface area contributed by atoms with Crippen molar-refractivity contribution in [3.8, 4) is 5.75 Å². The van der Waals surface area contributed by atoms with E-state index >= 15 is 0 Å². The monoisotopic (exact) mass is 402 g/mol. The molecular formula is C21H26N2O4S. The van der Waals surface area contributed by atoms with Gasteiger partial charge in [0, 0.05) is 19.2 Å². The molecule has 6 nitrogen and oxygen atoms in total. The molecule has 150 valence electrons. The van der Waals surface area contributed by atoms with Gasteiger partial charge in [-0.2, -0.15) is 0 Å². The highest BCUT2D eigenvalue weighted by atomic mass is 32.2. The quantitative estimate of drug-likeness (QED) is 0.754. The van der Waals surface area contributed by atoms with Crippen LogP contribution in [0.15, 0.2) is 53.4 Å². The topological polar surface area (TPSA) is 75.7 Å². The summed E-state index contributed by atoms with van der Waals surface area (Å²) >= 11 is 0. The molecule has 0 saturated heterocycles. The summed E-state index contributed by atoms with van der Waals surface area (Å²) in [6.45, 7) is 3.51. The number of carbonyl (C=O) groups excluding carboxylic acids is 1. The summed E-state index contributed by atoms with van der Waals surface area (Å²) in [5.41, 5.74) is 1.15. The molecule has 0 atom stereocenters. The molecule has 0 spiro atoms. The number of hydrogen-bond acceptors (Lipinski definition) is 4. The number of nitrogens with one attached hydrogen (secondary N) is 1. The first-order valence-corrected chi connectivity index (χ1v) is 11.0. The van der Waals surface area contributed by atoms with Crippen LogP contribution in [0.3, 0.4) is 0 Å². The van der Waals surface area contributed by atoms with Gasteiger partial charge in [-0.05, 0) is 81.1 Å². The molecule has 28 heavy (non-hydrogen) atoms. The Kier molecular flexibility index (Phi) is 6.24. The van der Waals surface area contributed by atoms with Crippen molar-refractivity contribution >= 4 is 27.3 Å². The largest absolute Gasteiger partial charge is 0.490 e. The molecule has 7 heteroatoms. The molecule has 2 aromatic rings. The summed E-state index contributed by atoms with van der Waals surface area (Å²) in [6.07, 6.45) is 4.81. The summed E-state index contributed by atoms with van der Waals surface area (Å²) in [5.74, 6) is 0.564. The second-order valence-electron chi connectivity index (χ2n) is 6.89. The molecule has 2 aromatic carbocycles. The predicted molar refractivity (Wildman–Crippen MR) is 110 cm³/mol. The molecule has 0 radical (unpaired) electrons. The van der Waals surface area contributed by atoms with Crippen LogP contribution in [0.5, 0.6) is 5.75 Å². The zero-order valence-electron chi connectivity index (χ0n) is 16.2. The summed E-state index contributed by atoms with van der Waals surface area (Å²) in [7, 11) is -3.70. The van der Waals surface area contributed by atoms with E-state index in [1.54, 1.807) is 31.2 Å². The van der Waals surface area contributed by atoms with E-state index in [0.717, 1.165) is 18.6 Å². The average Bonchev–Trinajstić information content (AvgIpc) is 3.16. The first-order chi connectivity index (χ1) is 13.4. The van der Waals surface area contributed by atoms with Crippen molar-refractivity contribution in [1.82, 2.24) is 0 Å². The lowest BCUT2D eigenvalue weighted by Crippen LogP contribution is -2.30. The van der Waals surface area contributed by atoms with Crippen molar-refractivity contribution in [3.05, 3.63) is 48.5 Å². The van der Waals surface area contributed by atoms with Gasteiger partial charge in [-0.1, -0.05) is 0 Å². The van der Waals surface area contributed by atoms with Gasteiger partial charge < -0.3 is 10.1 Å². The minimum Gasteiger partial charge on any atom is -0.490 e.